The van der Waals surface area contributed by atoms with Crippen LogP contribution in [0.1, 0.15) is 61.0 Å². The van der Waals surface area contributed by atoms with Crippen molar-refractivity contribution in [3.8, 4) is 5.69 Å². The Balaban J connectivity index is 1.52. The van der Waals surface area contributed by atoms with Gasteiger partial charge in [0.05, 0.1) is 11.7 Å². The fourth-order valence-corrected chi connectivity index (χ4v) is 3.65. The molecule has 27 heavy (non-hydrogen) atoms. The van der Waals surface area contributed by atoms with Crippen LogP contribution in [0.3, 0.4) is 0 Å². The zero-order chi connectivity index (χ0) is 18.8. The minimum Gasteiger partial charge on any atom is -0.341 e. The Labute approximate surface area is 156 Å². The van der Waals surface area contributed by atoms with E-state index in [2.05, 4.69) is 25.2 Å². The summed E-state index contributed by atoms with van der Waals surface area (Å²) in [5.74, 6) is 0.385. The SMILES string of the molecule is C[C@@H](NC(=O)c1cc(=O)n(-c2ccccc2)[nH]1)c1nncn1C1CCCC1. The Hall–Kier alpha value is -3.16. The monoisotopic (exact) mass is 366 g/mol. The van der Waals surface area contributed by atoms with E-state index >= 15 is 0 Å². The molecule has 2 N–H and O–H groups in total. The molecule has 8 nitrogen and oxygen atoms in total. The molecule has 2 aromatic heterocycles. The van der Waals surface area contributed by atoms with E-state index in [9.17, 15) is 9.59 Å². The quantitative estimate of drug-likeness (QED) is 0.724. The van der Waals surface area contributed by atoms with Gasteiger partial charge in [-0.2, -0.15) is 0 Å². The molecule has 0 aliphatic heterocycles. The van der Waals surface area contributed by atoms with Gasteiger partial charge in [0.15, 0.2) is 5.82 Å². The lowest BCUT2D eigenvalue weighted by Crippen LogP contribution is -2.29. The van der Waals surface area contributed by atoms with E-state index in [1.54, 1.807) is 18.5 Å². The number of carbonyl (C=O) groups excluding carboxylic acids is 1. The molecule has 0 radical (unpaired) electrons. The molecule has 140 valence electrons. The lowest BCUT2D eigenvalue weighted by Gasteiger charge is -2.18. The summed E-state index contributed by atoms with van der Waals surface area (Å²) in [6, 6.07) is 10.5. The average Bonchev–Trinajstić information content (AvgIpc) is 3.42. The molecular formula is C19H22N6O2. The molecule has 1 amide bonds. The van der Waals surface area contributed by atoms with Gasteiger partial charge in [0.1, 0.15) is 12.0 Å². The Kier molecular flexibility index (Phi) is 4.62. The van der Waals surface area contributed by atoms with Gasteiger partial charge >= 0.3 is 0 Å². The molecular weight excluding hydrogens is 344 g/mol. The fraction of sp³-hybridized carbons (Fsp3) is 0.368. The topological polar surface area (TPSA) is 97.6 Å². The first-order valence-corrected chi connectivity index (χ1v) is 9.21. The second-order valence-electron chi connectivity index (χ2n) is 6.91. The van der Waals surface area contributed by atoms with Crippen molar-refractivity contribution in [2.24, 2.45) is 0 Å². The van der Waals surface area contributed by atoms with Crippen LogP contribution >= 0.6 is 0 Å². The third-order valence-electron chi connectivity index (χ3n) is 5.03. The third kappa shape index (κ3) is 3.42. The molecule has 4 rings (SSSR count). The number of hydrogen-bond donors (Lipinski definition) is 2. The number of amides is 1. The Morgan fingerprint density at radius 2 is 2.00 bits per heavy atom. The fourth-order valence-electron chi connectivity index (χ4n) is 3.65. The van der Waals surface area contributed by atoms with Crippen LogP contribution in [-0.4, -0.2) is 30.5 Å². The molecule has 1 aliphatic carbocycles. The number of H-pyrrole nitrogens is 1. The highest BCUT2D eigenvalue weighted by Gasteiger charge is 2.24. The van der Waals surface area contributed by atoms with Crippen LogP contribution in [0, 0.1) is 0 Å². The van der Waals surface area contributed by atoms with Crippen LogP contribution in [-0.2, 0) is 0 Å². The average molecular weight is 366 g/mol. The van der Waals surface area contributed by atoms with Crippen molar-refractivity contribution in [3.63, 3.8) is 0 Å². The van der Waals surface area contributed by atoms with E-state index in [-0.39, 0.29) is 23.2 Å². The minimum absolute atomic E-state index is 0.211. The zero-order valence-corrected chi connectivity index (χ0v) is 15.1. The molecule has 1 aliphatic rings. The van der Waals surface area contributed by atoms with Crippen molar-refractivity contribution in [2.75, 3.05) is 0 Å². The Bertz CT molecular complexity index is 981. The third-order valence-corrected chi connectivity index (χ3v) is 5.03. The number of nitrogens with zero attached hydrogens (tertiary/aromatic N) is 4. The van der Waals surface area contributed by atoms with E-state index in [1.165, 1.54) is 23.6 Å². The van der Waals surface area contributed by atoms with E-state index in [1.807, 2.05) is 25.1 Å². The summed E-state index contributed by atoms with van der Waals surface area (Å²) in [6.45, 7) is 1.87. The van der Waals surface area contributed by atoms with E-state index < -0.39 is 0 Å². The number of aromatic amines is 1. The van der Waals surface area contributed by atoms with Crippen LogP contribution in [0.25, 0.3) is 5.69 Å². The minimum atomic E-state index is -0.352. The summed E-state index contributed by atoms with van der Waals surface area (Å²) in [4.78, 5) is 24.8. The first kappa shape index (κ1) is 17.3. The summed E-state index contributed by atoms with van der Waals surface area (Å²) >= 11 is 0. The van der Waals surface area contributed by atoms with Crippen molar-refractivity contribution < 1.29 is 4.79 Å². The highest BCUT2D eigenvalue weighted by molar-refractivity contribution is 5.92. The molecule has 1 saturated carbocycles. The van der Waals surface area contributed by atoms with E-state index in [4.69, 9.17) is 0 Å². The number of aromatic nitrogens is 5. The van der Waals surface area contributed by atoms with Crippen LogP contribution in [0.5, 0.6) is 0 Å². The Morgan fingerprint density at radius 3 is 2.74 bits per heavy atom. The van der Waals surface area contributed by atoms with Crippen LogP contribution in [0.4, 0.5) is 0 Å². The summed E-state index contributed by atoms with van der Waals surface area (Å²) in [5.41, 5.74) is 0.603. The molecule has 1 atom stereocenters. The Morgan fingerprint density at radius 1 is 1.26 bits per heavy atom. The van der Waals surface area contributed by atoms with Gasteiger partial charge in [-0.25, -0.2) is 4.68 Å². The predicted molar refractivity (Wildman–Crippen MR) is 99.8 cm³/mol. The van der Waals surface area contributed by atoms with Crippen LogP contribution in [0.15, 0.2) is 47.5 Å². The molecule has 0 unspecified atom stereocenters. The number of para-hydroxylation sites is 1. The lowest BCUT2D eigenvalue weighted by molar-refractivity contribution is 0.0931. The molecule has 1 aromatic carbocycles. The van der Waals surface area contributed by atoms with Gasteiger partial charge < -0.3 is 9.88 Å². The van der Waals surface area contributed by atoms with Gasteiger partial charge in [0.25, 0.3) is 11.5 Å². The maximum absolute atomic E-state index is 12.6. The molecule has 0 spiro atoms. The number of carbonyl (C=O) groups is 1. The predicted octanol–water partition coefficient (Wildman–Crippen LogP) is 2.36. The first-order valence-electron chi connectivity index (χ1n) is 9.21. The molecule has 3 aromatic rings. The van der Waals surface area contributed by atoms with Gasteiger partial charge in [0.2, 0.25) is 0 Å². The second kappa shape index (κ2) is 7.22. The summed E-state index contributed by atoms with van der Waals surface area (Å²) < 4.78 is 3.41. The lowest BCUT2D eigenvalue weighted by atomic mass is 10.2. The summed E-state index contributed by atoms with van der Waals surface area (Å²) in [7, 11) is 0. The van der Waals surface area contributed by atoms with Gasteiger partial charge in [0, 0.05) is 12.1 Å². The molecule has 0 bridgehead atoms. The molecule has 2 heterocycles. The van der Waals surface area contributed by atoms with Crippen molar-refractivity contribution in [1.82, 2.24) is 29.9 Å². The smallest absolute Gasteiger partial charge is 0.271 e. The summed E-state index contributed by atoms with van der Waals surface area (Å²) in [6.07, 6.45) is 6.37. The van der Waals surface area contributed by atoms with Gasteiger partial charge in [-0.05, 0) is 31.9 Å². The largest absolute Gasteiger partial charge is 0.341 e. The highest BCUT2D eigenvalue weighted by Crippen LogP contribution is 2.31. The molecule has 1 fully saturated rings. The first-order chi connectivity index (χ1) is 13.1. The number of benzene rings is 1. The molecule has 0 saturated heterocycles. The molecule has 8 heteroatoms. The van der Waals surface area contributed by atoms with Gasteiger partial charge in [-0.3, -0.25) is 14.7 Å². The zero-order valence-electron chi connectivity index (χ0n) is 15.1. The van der Waals surface area contributed by atoms with Crippen molar-refractivity contribution >= 4 is 5.91 Å². The highest BCUT2D eigenvalue weighted by atomic mass is 16.2. The maximum Gasteiger partial charge on any atom is 0.271 e. The van der Waals surface area contributed by atoms with Crippen molar-refractivity contribution in [2.45, 2.75) is 44.7 Å². The second-order valence-corrected chi connectivity index (χ2v) is 6.91. The number of rotatable bonds is 5. The van der Waals surface area contributed by atoms with Crippen molar-refractivity contribution in [3.05, 3.63) is 64.6 Å². The van der Waals surface area contributed by atoms with E-state index in [0.717, 1.165) is 18.7 Å². The van der Waals surface area contributed by atoms with Crippen LogP contribution < -0.4 is 10.9 Å². The van der Waals surface area contributed by atoms with Crippen molar-refractivity contribution in [1.29, 1.82) is 0 Å². The number of nitrogens with one attached hydrogen (secondary N) is 2. The van der Waals surface area contributed by atoms with Gasteiger partial charge in [-0.15, -0.1) is 10.2 Å². The standard InChI is InChI=1S/C19H22N6O2/c1-13(18-22-20-12-24(18)14-7-5-6-8-14)21-19(27)16-11-17(26)25(23-16)15-9-3-2-4-10-15/h2-4,9-14,23H,5-8H2,1H3,(H,21,27)/t13-/m1/s1. The van der Waals surface area contributed by atoms with E-state index in [0.29, 0.717) is 11.7 Å². The van der Waals surface area contributed by atoms with Gasteiger partial charge in [-0.1, -0.05) is 31.0 Å². The summed E-state index contributed by atoms with van der Waals surface area (Å²) in [5, 5.41) is 14.0. The number of hydrogen-bond acceptors (Lipinski definition) is 4. The normalized spacial score (nSPS) is 15.7. The van der Waals surface area contributed by atoms with Crippen LogP contribution in [0.2, 0.25) is 0 Å². The maximum atomic E-state index is 12.6.